The monoisotopic (exact) mass is 409 g/mol. The lowest BCUT2D eigenvalue weighted by Gasteiger charge is -2.06. The third kappa shape index (κ3) is 4.70. The number of methoxy groups -OCH3 is 1. The van der Waals surface area contributed by atoms with Crippen molar-refractivity contribution in [3.05, 3.63) is 58.4 Å². The summed E-state index contributed by atoms with van der Waals surface area (Å²) < 4.78 is 13.0. The molecule has 1 amide bonds. The molecule has 0 aliphatic heterocycles. The van der Waals surface area contributed by atoms with Crippen molar-refractivity contribution in [1.82, 2.24) is 4.57 Å². The maximum Gasteiger partial charge on any atom is 0.307 e. The summed E-state index contributed by atoms with van der Waals surface area (Å²) in [6, 6.07) is 13.9. The van der Waals surface area contributed by atoms with Crippen LogP contribution in [-0.2, 0) is 16.1 Å². The van der Waals surface area contributed by atoms with E-state index in [9.17, 15) is 9.59 Å². The molecule has 0 N–H and O–H groups in total. The number of hydrogen-bond donors (Lipinski definition) is 0. The third-order valence-electron chi connectivity index (χ3n) is 4.19. The Morgan fingerprint density at radius 1 is 1.21 bits per heavy atom. The normalized spacial score (nSPS) is 11.3. The molecule has 8 heteroatoms. The van der Waals surface area contributed by atoms with Crippen LogP contribution in [0.15, 0.2) is 47.5 Å². The van der Waals surface area contributed by atoms with Crippen LogP contribution < -0.4 is 9.54 Å². The van der Waals surface area contributed by atoms with Gasteiger partial charge in [-0.15, -0.1) is 0 Å². The Bertz CT molecular complexity index is 1150. The molecule has 0 atom stereocenters. The number of amides is 1. The molecule has 148 valence electrons. The van der Waals surface area contributed by atoms with Crippen molar-refractivity contribution in [1.29, 1.82) is 5.26 Å². The number of fused-ring (bicyclic) bond motifs is 1. The zero-order valence-electron chi connectivity index (χ0n) is 16.0. The number of carbonyl (C=O) groups is 2. The molecule has 2 aromatic carbocycles. The standard InChI is InChI=1S/C21H19N3O4S/c1-3-28-19(25)10-11-24-17-12-16(27-2)8-9-18(17)29-21(24)23-20(26)15-6-4-14(13-22)5-7-15/h4-9,12H,3,10-11H2,1-2H3. The van der Waals surface area contributed by atoms with Crippen molar-refractivity contribution in [2.45, 2.75) is 19.9 Å². The van der Waals surface area contributed by atoms with Crippen LogP contribution in [0.4, 0.5) is 0 Å². The molecule has 0 aliphatic carbocycles. The quantitative estimate of drug-likeness (QED) is 0.583. The van der Waals surface area contributed by atoms with E-state index < -0.39 is 5.91 Å². The number of nitrogens with zero attached hydrogens (tertiary/aromatic N) is 3. The van der Waals surface area contributed by atoms with E-state index in [1.807, 2.05) is 28.8 Å². The highest BCUT2D eigenvalue weighted by molar-refractivity contribution is 7.16. The van der Waals surface area contributed by atoms with Crippen LogP contribution in [0.2, 0.25) is 0 Å². The van der Waals surface area contributed by atoms with Gasteiger partial charge in [0.05, 0.1) is 42.0 Å². The van der Waals surface area contributed by atoms with Crippen molar-refractivity contribution >= 4 is 33.4 Å². The Labute approximate surface area is 171 Å². The second-order valence-electron chi connectivity index (χ2n) is 6.03. The number of hydrogen-bond acceptors (Lipinski definition) is 6. The van der Waals surface area contributed by atoms with Crippen LogP contribution in [-0.4, -0.2) is 30.2 Å². The Kier molecular flexibility index (Phi) is 6.42. The van der Waals surface area contributed by atoms with Gasteiger partial charge in [0, 0.05) is 18.2 Å². The Morgan fingerprint density at radius 2 is 1.97 bits per heavy atom. The van der Waals surface area contributed by atoms with Gasteiger partial charge in [-0.05, 0) is 43.3 Å². The largest absolute Gasteiger partial charge is 0.497 e. The summed E-state index contributed by atoms with van der Waals surface area (Å²) in [7, 11) is 1.58. The summed E-state index contributed by atoms with van der Waals surface area (Å²) in [5.74, 6) is -0.0605. The van der Waals surface area contributed by atoms with Gasteiger partial charge in [0.25, 0.3) is 5.91 Å². The maximum absolute atomic E-state index is 12.6. The van der Waals surface area contributed by atoms with Gasteiger partial charge in [0.2, 0.25) is 0 Å². The highest BCUT2D eigenvalue weighted by Crippen LogP contribution is 2.23. The minimum Gasteiger partial charge on any atom is -0.497 e. The number of aryl methyl sites for hydroxylation is 1. The number of aromatic nitrogens is 1. The summed E-state index contributed by atoms with van der Waals surface area (Å²) in [6.07, 6.45) is 0.162. The molecular weight excluding hydrogens is 390 g/mol. The van der Waals surface area contributed by atoms with E-state index in [2.05, 4.69) is 4.99 Å². The predicted octanol–water partition coefficient (Wildman–Crippen LogP) is 3.28. The first kappa shape index (κ1) is 20.3. The van der Waals surface area contributed by atoms with Gasteiger partial charge >= 0.3 is 5.97 Å². The molecule has 29 heavy (non-hydrogen) atoms. The zero-order chi connectivity index (χ0) is 20.8. The molecule has 1 aromatic heterocycles. The fourth-order valence-corrected chi connectivity index (χ4v) is 3.79. The summed E-state index contributed by atoms with van der Waals surface area (Å²) in [5, 5.41) is 8.90. The average molecular weight is 409 g/mol. The molecule has 3 aromatic rings. The molecule has 0 spiro atoms. The second kappa shape index (κ2) is 9.17. The summed E-state index contributed by atoms with van der Waals surface area (Å²) in [5.41, 5.74) is 1.68. The topological polar surface area (TPSA) is 93.7 Å². The van der Waals surface area contributed by atoms with Crippen molar-refractivity contribution < 1.29 is 19.1 Å². The zero-order valence-corrected chi connectivity index (χ0v) is 16.9. The van der Waals surface area contributed by atoms with Gasteiger partial charge in [-0.2, -0.15) is 10.3 Å². The first-order chi connectivity index (χ1) is 14.0. The predicted molar refractivity (Wildman–Crippen MR) is 109 cm³/mol. The molecule has 0 saturated heterocycles. The summed E-state index contributed by atoms with van der Waals surface area (Å²) in [6.45, 7) is 2.40. The fourth-order valence-electron chi connectivity index (χ4n) is 2.75. The Balaban J connectivity index is 2.03. The average Bonchev–Trinajstić information content (AvgIpc) is 3.08. The number of rotatable bonds is 6. The number of carbonyl (C=O) groups excluding carboxylic acids is 2. The molecule has 7 nitrogen and oxygen atoms in total. The van der Waals surface area contributed by atoms with Gasteiger partial charge in [-0.3, -0.25) is 9.59 Å². The fraction of sp³-hybridized carbons (Fsp3) is 0.238. The van der Waals surface area contributed by atoms with Crippen molar-refractivity contribution in [2.24, 2.45) is 4.99 Å². The molecule has 0 unspecified atom stereocenters. The van der Waals surface area contributed by atoms with Crippen molar-refractivity contribution in [2.75, 3.05) is 13.7 Å². The van der Waals surface area contributed by atoms with Crippen LogP contribution in [0.3, 0.4) is 0 Å². The number of esters is 1. The van der Waals surface area contributed by atoms with Gasteiger partial charge in [-0.1, -0.05) is 11.3 Å². The summed E-state index contributed by atoms with van der Waals surface area (Å²) >= 11 is 1.35. The lowest BCUT2D eigenvalue weighted by Crippen LogP contribution is -2.19. The molecule has 0 aliphatic rings. The van der Waals surface area contributed by atoms with Crippen LogP contribution in [0.25, 0.3) is 10.2 Å². The van der Waals surface area contributed by atoms with E-state index in [4.69, 9.17) is 14.7 Å². The van der Waals surface area contributed by atoms with E-state index in [1.54, 1.807) is 38.3 Å². The maximum atomic E-state index is 12.6. The first-order valence-electron chi connectivity index (χ1n) is 8.98. The lowest BCUT2D eigenvalue weighted by atomic mass is 10.1. The van der Waals surface area contributed by atoms with Gasteiger partial charge < -0.3 is 14.0 Å². The van der Waals surface area contributed by atoms with Crippen LogP contribution in [0, 0.1) is 11.3 Å². The molecule has 0 fully saturated rings. The first-order valence-corrected chi connectivity index (χ1v) is 9.79. The molecule has 0 bridgehead atoms. The highest BCUT2D eigenvalue weighted by atomic mass is 32.1. The van der Waals surface area contributed by atoms with Gasteiger partial charge in [-0.25, -0.2) is 0 Å². The van der Waals surface area contributed by atoms with E-state index >= 15 is 0 Å². The number of nitriles is 1. The highest BCUT2D eigenvalue weighted by Gasteiger charge is 2.12. The van der Waals surface area contributed by atoms with Crippen molar-refractivity contribution in [3.8, 4) is 11.8 Å². The Hall–Kier alpha value is -3.44. The van der Waals surface area contributed by atoms with Crippen LogP contribution >= 0.6 is 11.3 Å². The van der Waals surface area contributed by atoms with Crippen LogP contribution in [0.1, 0.15) is 29.3 Å². The number of ether oxygens (including phenoxy) is 2. The Morgan fingerprint density at radius 3 is 2.62 bits per heavy atom. The minimum atomic E-state index is -0.419. The van der Waals surface area contributed by atoms with E-state index in [-0.39, 0.29) is 12.4 Å². The minimum absolute atomic E-state index is 0.162. The van der Waals surface area contributed by atoms with Crippen LogP contribution in [0.5, 0.6) is 5.75 Å². The van der Waals surface area contributed by atoms with Crippen molar-refractivity contribution in [3.63, 3.8) is 0 Å². The van der Waals surface area contributed by atoms with E-state index in [1.165, 1.54) is 11.3 Å². The molecule has 3 rings (SSSR count). The third-order valence-corrected chi connectivity index (χ3v) is 5.25. The van der Waals surface area contributed by atoms with Gasteiger partial charge in [0.15, 0.2) is 4.80 Å². The number of thiazole rings is 1. The molecule has 1 heterocycles. The summed E-state index contributed by atoms with van der Waals surface area (Å²) in [4.78, 5) is 29.2. The lowest BCUT2D eigenvalue weighted by molar-refractivity contribution is -0.143. The van der Waals surface area contributed by atoms with E-state index in [0.717, 1.165) is 10.2 Å². The molecule has 0 radical (unpaired) electrons. The number of benzene rings is 2. The molecule has 0 saturated carbocycles. The second-order valence-corrected chi connectivity index (χ2v) is 7.04. The SMILES string of the molecule is CCOC(=O)CCn1c(=NC(=O)c2ccc(C#N)cc2)sc2ccc(OC)cc21. The molecular formula is C21H19N3O4S. The van der Waals surface area contributed by atoms with Gasteiger partial charge in [0.1, 0.15) is 5.75 Å². The smallest absolute Gasteiger partial charge is 0.307 e. The van der Waals surface area contributed by atoms with E-state index in [0.29, 0.717) is 34.8 Å².